The molecule has 0 aromatic heterocycles. The summed E-state index contributed by atoms with van der Waals surface area (Å²) >= 11 is 6.19. The third kappa shape index (κ3) is 8.38. The van der Waals surface area contributed by atoms with Crippen LogP contribution in [0.4, 0.5) is 4.39 Å². The van der Waals surface area contributed by atoms with Crippen LogP contribution in [0.3, 0.4) is 0 Å². The van der Waals surface area contributed by atoms with Crippen LogP contribution in [0.5, 0.6) is 5.75 Å². The van der Waals surface area contributed by atoms with Crippen LogP contribution in [0.15, 0.2) is 78.9 Å². The smallest absolute Gasteiger partial charge is 0.261 e. The molecule has 0 spiro atoms. The predicted octanol–water partition coefficient (Wildman–Crippen LogP) is 5.66. The van der Waals surface area contributed by atoms with Gasteiger partial charge in [0.15, 0.2) is 6.61 Å². The van der Waals surface area contributed by atoms with Crippen molar-refractivity contribution in [3.05, 3.63) is 101 Å². The van der Waals surface area contributed by atoms with Crippen LogP contribution in [0.2, 0.25) is 5.02 Å². The minimum Gasteiger partial charge on any atom is -0.482 e. The summed E-state index contributed by atoms with van der Waals surface area (Å²) < 4.78 is 19.2. The minimum absolute atomic E-state index is 0.125. The van der Waals surface area contributed by atoms with Crippen LogP contribution < -0.4 is 10.1 Å². The quantitative estimate of drug-likeness (QED) is 0.342. The number of hydrogen-bond acceptors (Lipinski definition) is 3. The van der Waals surface area contributed by atoms with E-state index in [-0.39, 0.29) is 30.8 Å². The number of nitrogens with zero attached hydrogens (tertiary/aromatic N) is 1. The lowest BCUT2D eigenvalue weighted by Crippen LogP contribution is -2.52. The number of nitrogens with one attached hydrogen (secondary N) is 1. The largest absolute Gasteiger partial charge is 0.482 e. The highest BCUT2D eigenvalue weighted by Crippen LogP contribution is 2.23. The minimum atomic E-state index is -0.785. The van der Waals surface area contributed by atoms with Gasteiger partial charge in [0.1, 0.15) is 17.6 Å². The molecule has 0 saturated carbocycles. The molecule has 2 amide bonds. The van der Waals surface area contributed by atoms with Crippen LogP contribution in [0.25, 0.3) is 0 Å². The summed E-state index contributed by atoms with van der Waals surface area (Å²) in [4.78, 5) is 28.4. The molecule has 0 radical (unpaired) electrons. The molecule has 0 fully saturated rings. The number of carbonyl (C=O) groups excluding carboxylic acids is 2. The highest BCUT2D eigenvalue weighted by molar-refractivity contribution is 6.32. The van der Waals surface area contributed by atoms with E-state index in [1.54, 1.807) is 36.4 Å². The molecule has 1 unspecified atom stereocenters. The molecule has 190 valence electrons. The van der Waals surface area contributed by atoms with Gasteiger partial charge in [0.05, 0.1) is 5.02 Å². The molecular weight excluding hydrogens is 479 g/mol. The maximum atomic E-state index is 13.5. The normalized spacial score (nSPS) is 11.7. The Balaban J connectivity index is 1.88. The molecule has 5 nitrogen and oxygen atoms in total. The first-order valence-electron chi connectivity index (χ1n) is 12.1. The van der Waals surface area contributed by atoms with Crippen molar-refractivity contribution in [2.75, 3.05) is 13.2 Å². The average Bonchev–Trinajstić information content (AvgIpc) is 2.87. The van der Waals surface area contributed by atoms with Crippen molar-refractivity contribution < 1.29 is 18.7 Å². The molecule has 3 aromatic rings. The van der Waals surface area contributed by atoms with Gasteiger partial charge in [0.25, 0.3) is 5.91 Å². The second-order valence-corrected chi connectivity index (χ2v) is 9.45. The Morgan fingerprint density at radius 2 is 1.61 bits per heavy atom. The van der Waals surface area contributed by atoms with Gasteiger partial charge in [-0.05, 0) is 47.7 Å². The second kappa shape index (κ2) is 13.6. The van der Waals surface area contributed by atoms with E-state index in [1.807, 2.05) is 30.3 Å². The van der Waals surface area contributed by atoms with Crippen molar-refractivity contribution in [3.63, 3.8) is 0 Å². The van der Waals surface area contributed by atoms with Gasteiger partial charge in [-0.15, -0.1) is 0 Å². The average molecular weight is 511 g/mol. The summed E-state index contributed by atoms with van der Waals surface area (Å²) in [5.41, 5.74) is 1.63. The third-order valence-corrected chi connectivity index (χ3v) is 6.06. The van der Waals surface area contributed by atoms with E-state index in [0.717, 1.165) is 12.0 Å². The standard InChI is InChI=1S/C29H32ClFN2O3/c1-21(2)16-17-32-29(35)26(18-22-8-4-3-5-9-22)33(19-23-12-14-24(31)15-13-23)28(34)20-36-27-11-7-6-10-25(27)30/h3-15,21,26H,16-20H2,1-2H3,(H,32,35). The van der Waals surface area contributed by atoms with Crippen molar-refractivity contribution >= 4 is 23.4 Å². The fourth-order valence-corrected chi connectivity index (χ4v) is 3.92. The maximum absolute atomic E-state index is 13.5. The molecular formula is C29H32ClFN2O3. The van der Waals surface area contributed by atoms with E-state index in [2.05, 4.69) is 19.2 Å². The first-order valence-corrected chi connectivity index (χ1v) is 12.4. The van der Waals surface area contributed by atoms with Crippen molar-refractivity contribution in [3.8, 4) is 5.75 Å². The van der Waals surface area contributed by atoms with E-state index in [0.29, 0.717) is 35.2 Å². The lowest BCUT2D eigenvalue weighted by Gasteiger charge is -2.31. The molecule has 0 aliphatic rings. The highest BCUT2D eigenvalue weighted by Gasteiger charge is 2.30. The van der Waals surface area contributed by atoms with E-state index in [9.17, 15) is 14.0 Å². The lowest BCUT2D eigenvalue weighted by molar-refractivity contribution is -0.142. The Kier molecular flexibility index (Phi) is 10.3. The number of amides is 2. The van der Waals surface area contributed by atoms with Crippen LogP contribution in [0.1, 0.15) is 31.4 Å². The van der Waals surface area contributed by atoms with Crippen molar-refractivity contribution in [2.24, 2.45) is 5.92 Å². The molecule has 3 aromatic carbocycles. The highest BCUT2D eigenvalue weighted by atomic mass is 35.5. The third-order valence-electron chi connectivity index (χ3n) is 5.75. The molecule has 0 aliphatic heterocycles. The monoisotopic (exact) mass is 510 g/mol. The fraction of sp³-hybridized carbons (Fsp3) is 0.310. The van der Waals surface area contributed by atoms with Crippen LogP contribution in [-0.2, 0) is 22.6 Å². The Bertz CT molecular complexity index is 1120. The molecule has 3 rings (SSSR count). The molecule has 36 heavy (non-hydrogen) atoms. The molecule has 0 heterocycles. The summed E-state index contributed by atoms with van der Waals surface area (Å²) in [6.07, 6.45) is 1.15. The second-order valence-electron chi connectivity index (χ2n) is 9.05. The topological polar surface area (TPSA) is 58.6 Å². The van der Waals surface area contributed by atoms with Gasteiger partial charge in [-0.2, -0.15) is 0 Å². The number of halogens is 2. The molecule has 1 atom stereocenters. The summed E-state index contributed by atoms with van der Waals surface area (Å²) in [5.74, 6) is -0.174. The Hall–Kier alpha value is -3.38. The molecule has 0 saturated heterocycles. The van der Waals surface area contributed by atoms with Crippen LogP contribution >= 0.6 is 11.6 Å². The molecule has 1 N–H and O–H groups in total. The molecule has 7 heteroatoms. The van der Waals surface area contributed by atoms with E-state index in [1.165, 1.54) is 17.0 Å². The first kappa shape index (κ1) is 27.2. The van der Waals surface area contributed by atoms with Gasteiger partial charge >= 0.3 is 0 Å². The number of carbonyl (C=O) groups is 2. The number of para-hydroxylation sites is 1. The van der Waals surface area contributed by atoms with Gasteiger partial charge < -0.3 is 15.0 Å². The summed E-state index contributed by atoms with van der Waals surface area (Å²) in [6, 6.07) is 21.6. The zero-order valence-electron chi connectivity index (χ0n) is 20.6. The summed E-state index contributed by atoms with van der Waals surface area (Å²) in [5, 5.41) is 3.38. The number of benzene rings is 3. The predicted molar refractivity (Wildman–Crippen MR) is 140 cm³/mol. The molecule has 0 aliphatic carbocycles. The Morgan fingerprint density at radius 3 is 2.28 bits per heavy atom. The van der Waals surface area contributed by atoms with Gasteiger partial charge in [-0.3, -0.25) is 9.59 Å². The van der Waals surface area contributed by atoms with Crippen molar-refractivity contribution in [1.29, 1.82) is 0 Å². The van der Waals surface area contributed by atoms with E-state index >= 15 is 0 Å². The maximum Gasteiger partial charge on any atom is 0.261 e. The Labute approximate surface area is 217 Å². The number of ether oxygens (including phenoxy) is 1. The van der Waals surface area contributed by atoms with Gasteiger partial charge in [0.2, 0.25) is 5.91 Å². The fourth-order valence-electron chi connectivity index (χ4n) is 3.73. The van der Waals surface area contributed by atoms with Crippen LogP contribution in [-0.4, -0.2) is 35.9 Å². The summed E-state index contributed by atoms with van der Waals surface area (Å²) in [7, 11) is 0. The van der Waals surface area contributed by atoms with Crippen molar-refractivity contribution in [2.45, 2.75) is 39.3 Å². The first-order chi connectivity index (χ1) is 17.3. The Morgan fingerprint density at radius 1 is 0.944 bits per heavy atom. The number of rotatable bonds is 12. The summed E-state index contributed by atoms with van der Waals surface area (Å²) in [6.45, 7) is 4.51. The van der Waals surface area contributed by atoms with Gasteiger partial charge in [-0.25, -0.2) is 4.39 Å². The zero-order chi connectivity index (χ0) is 25.9. The molecule has 0 bridgehead atoms. The SMILES string of the molecule is CC(C)CCNC(=O)C(Cc1ccccc1)N(Cc1ccc(F)cc1)C(=O)COc1ccccc1Cl. The van der Waals surface area contributed by atoms with E-state index in [4.69, 9.17) is 16.3 Å². The van der Waals surface area contributed by atoms with E-state index < -0.39 is 6.04 Å². The number of hydrogen-bond donors (Lipinski definition) is 1. The van der Waals surface area contributed by atoms with Crippen molar-refractivity contribution in [1.82, 2.24) is 10.2 Å². The van der Waals surface area contributed by atoms with Gasteiger partial charge in [0, 0.05) is 19.5 Å². The lowest BCUT2D eigenvalue weighted by atomic mass is 10.0. The van der Waals surface area contributed by atoms with Crippen LogP contribution in [0, 0.1) is 11.7 Å². The zero-order valence-corrected chi connectivity index (χ0v) is 21.4. The van der Waals surface area contributed by atoms with Gasteiger partial charge in [-0.1, -0.05) is 80.0 Å².